The van der Waals surface area contributed by atoms with Crippen LogP contribution in [0.25, 0.3) is 27.4 Å². The molecule has 0 bridgehead atoms. The molecule has 5 rings (SSSR count). The van der Waals surface area contributed by atoms with Crippen molar-refractivity contribution in [2.45, 2.75) is 20.4 Å². The van der Waals surface area contributed by atoms with Crippen LogP contribution in [0.2, 0.25) is 0 Å². The quantitative estimate of drug-likeness (QED) is 0.490. The second-order valence-electron chi connectivity index (χ2n) is 6.24. The summed E-state index contributed by atoms with van der Waals surface area (Å²) in [6.07, 6.45) is 3.57. The van der Waals surface area contributed by atoms with E-state index in [1.54, 1.807) is 22.2 Å². The topological polar surface area (TPSA) is 60.9 Å². The van der Waals surface area contributed by atoms with Gasteiger partial charge in [0.2, 0.25) is 0 Å². The SMILES string of the molecule is Cc1c(C)n(Cc2ccccn2)c2ncn3nc(-c4cccs4)nc3c12. The Morgan fingerprint density at radius 2 is 1.96 bits per heavy atom. The molecular weight excluding hydrogens is 344 g/mol. The third-order valence-electron chi connectivity index (χ3n) is 4.73. The first-order chi connectivity index (χ1) is 12.7. The van der Waals surface area contributed by atoms with Crippen LogP contribution in [0.15, 0.2) is 48.2 Å². The Labute approximate surface area is 153 Å². The molecule has 5 aromatic heterocycles. The van der Waals surface area contributed by atoms with E-state index < -0.39 is 0 Å². The van der Waals surface area contributed by atoms with E-state index in [0.717, 1.165) is 33.1 Å². The number of nitrogens with zero attached hydrogens (tertiary/aromatic N) is 6. The zero-order chi connectivity index (χ0) is 17.7. The van der Waals surface area contributed by atoms with Gasteiger partial charge in [-0.2, -0.15) is 0 Å². The maximum atomic E-state index is 4.80. The molecule has 0 radical (unpaired) electrons. The molecule has 26 heavy (non-hydrogen) atoms. The molecule has 5 heterocycles. The highest BCUT2D eigenvalue weighted by Crippen LogP contribution is 2.29. The molecule has 5 aromatic rings. The highest BCUT2D eigenvalue weighted by atomic mass is 32.1. The first-order valence-electron chi connectivity index (χ1n) is 8.37. The largest absolute Gasteiger partial charge is 0.323 e. The predicted molar refractivity (Wildman–Crippen MR) is 102 cm³/mol. The molecule has 0 saturated carbocycles. The fraction of sp³-hybridized carbons (Fsp3) is 0.158. The van der Waals surface area contributed by atoms with Crippen molar-refractivity contribution in [3.63, 3.8) is 0 Å². The second kappa shape index (κ2) is 5.74. The number of pyridine rings is 1. The van der Waals surface area contributed by atoms with Crippen LogP contribution < -0.4 is 0 Å². The summed E-state index contributed by atoms with van der Waals surface area (Å²) >= 11 is 1.64. The minimum absolute atomic E-state index is 0.687. The summed E-state index contributed by atoms with van der Waals surface area (Å²) < 4.78 is 3.97. The summed E-state index contributed by atoms with van der Waals surface area (Å²) in [5.74, 6) is 0.740. The van der Waals surface area contributed by atoms with Crippen molar-refractivity contribution in [3.8, 4) is 10.7 Å². The molecule has 6 nitrogen and oxygen atoms in total. The molecule has 0 saturated heterocycles. The van der Waals surface area contributed by atoms with Gasteiger partial charge >= 0.3 is 0 Å². The monoisotopic (exact) mass is 360 g/mol. The Kier molecular flexibility index (Phi) is 3.36. The molecule has 0 aromatic carbocycles. The number of rotatable bonds is 3. The van der Waals surface area contributed by atoms with E-state index in [9.17, 15) is 0 Å². The van der Waals surface area contributed by atoms with Gasteiger partial charge in [0.15, 0.2) is 11.5 Å². The van der Waals surface area contributed by atoms with Gasteiger partial charge in [-0.25, -0.2) is 14.5 Å². The Morgan fingerprint density at radius 1 is 1.04 bits per heavy atom. The summed E-state index contributed by atoms with van der Waals surface area (Å²) in [5.41, 5.74) is 5.13. The van der Waals surface area contributed by atoms with Gasteiger partial charge in [-0.3, -0.25) is 4.98 Å². The zero-order valence-electron chi connectivity index (χ0n) is 14.4. The van der Waals surface area contributed by atoms with Crippen molar-refractivity contribution in [1.29, 1.82) is 0 Å². The number of hydrogen-bond acceptors (Lipinski definition) is 5. The predicted octanol–water partition coefficient (Wildman–Crippen LogP) is 3.87. The molecule has 0 aliphatic carbocycles. The summed E-state index contributed by atoms with van der Waals surface area (Å²) in [7, 11) is 0. The maximum Gasteiger partial charge on any atom is 0.192 e. The van der Waals surface area contributed by atoms with Crippen molar-refractivity contribution in [1.82, 2.24) is 29.1 Å². The van der Waals surface area contributed by atoms with E-state index in [2.05, 4.69) is 33.5 Å². The Hall–Kier alpha value is -3.06. The van der Waals surface area contributed by atoms with E-state index in [1.165, 1.54) is 11.3 Å². The number of hydrogen-bond donors (Lipinski definition) is 0. The third kappa shape index (κ3) is 2.24. The van der Waals surface area contributed by atoms with Gasteiger partial charge in [0.25, 0.3) is 0 Å². The molecule has 0 fully saturated rings. The number of aromatic nitrogens is 6. The van der Waals surface area contributed by atoms with Gasteiger partial charge in [0.05, 0.1) is 22.5 Å². The molecule has 0 aliphatic heterocycles. The molecule has 0 amide bonds. The molecule has 0 aliphatic rings. The van der Waals surface area contributed by atoms with Crippen molar-refractivity contribution in [3.05, 3.63) is 65.2 Å². The van der Waals surface area contributed by atoms with E-state index in [-0.39, 0.29) is 0 Å². The van der Waals surface area contributed by atoms with Crippen LogP contribution in [0.3, 0.4) is 0 Å². The number of fused-ring (bicyclic) bond motifs is 3. The van der Waals surface area contributed by atoms with Gasteiger partial charge in [0.1, 0.15) is 12.0 Å². The Morgan fingerprint density at radius 3 is 2.73 bits per heavy atom. The van der Waals surface area contributed by atoms with Crippen molar-refractivity contribution >= 4 is 28.0 Å². The van der Waals surface area contributed by atoms with E-state index in [1.807, 2.05) is 41.9 Å². The van der Waals surface area contributed by atoms with E-state index in [4.69, 9.17) is 4.98 Å². The van der Waals surface area contributed by atoms with Crippen molar-refractivity contribution < 1.29 is 0 Å². The van der Waals surface area contributed by atoms with Crippen LogP contribution in [0, 0.1) is 13.8 Å². The fourth-order valence-corrected chi connectivity index (χ4v) is 3.94. The standard InChI is InChI=1S/C19H16N6S/c1-12-13(2)24(10-14-6-3-4-8-20-14)18-16(12)19-22-17(15-7-5-9-26-15)23-25(19)11-21-18/h3-9,11H,10H2,1-2H3. The molecule has 0 N–H and O–H groups in total. The van der Waals surface area contributed by atoms with Crippen LogP contribution in [-0.2, 0) is 6.54 Å². The van der Waals surface area contributed by atoms with Gasteiger partial charge in [-0.1, -0.05) is 12.1 Å². The van der Waals surface area contributed by atoms with Gasteiger partial charge in [0, 0.05) is 11.9 Å². The lowest BCUT2D eigenvalue weighted by Crippen LogP contribution is -2.04. The fourth-order valence-electron chi connectivity index (χ4n) is 3.29. The Balaban J connectivity index is 1.73. The molecular formula is C19H16N6S. The normalized spacial score (nSPS) is 11.6. The highest BCUT2D eigenvalue weighted by molar-refractivity contribution is 7.13. The van der Waals surface area contributed by atoms with Crippen molar-refractivity contribution in [2.24, 2.45) is 0 Å². The van der Waals surface area contributed by atoms with Crippen LogP contribution >= 0.6 is 11.3 Å². The van der Waals surface area contributed by atoms with Crippen LogP contribution in [0.5, 0.6) is 0 Å². The summed E-state index contributed by atoms with van der Waals surface area (Å²) in [5, 5.41) is 7.69. The summed E-state index contributed by atoms with van der Waals surface area (Å²) in [4.78, 5) is 15.0. The Bertz CT molecular complexity index is 1220. The van der Waals surface area contributed by atoms with E-state index in [0.29, 0.717) is 6.54 Å². The molecule has 128 valence electrons. The lowest BCUT2D eigenvalue weighted by Gasteiger charge is -2.07. The smallest absolute Gasteiger partial charge is 0.192 e. The average Bonchev–Trinajstić information content (AvgIpc) is 3.37. The van der Waals surface area contributed by atoms with Gasteiger partial charge in [-0.15, -0.1) is 16.4 Å². The molecule has 0 atom stereocenters. The van der Waals surface area contributed by atoms with Gasteiger partial charge in [-0.05, 0) is 43.0 Å². The van der Waals surface area contributed by atoms with Gasteiger partial charge < -0.3 is 4.57 Å². The highest BCUT2D eigenvalue weighted by Gasteiger charge is 2.18. The van der Waals surface area contributed by atoms with Crippen LogP contribution in [0.1, 0.15) is 17.0 Å². The first kappa shape index (κ1) is 15.2. The molecule has 0 unspecified atom stereocenters. The summed E-state index contributed by atoms with van der Waals surface area (Å²) in [6.45, 7) is 4.92. The molecule has 0 spiro atoms. The van der Waals surface area contributed by atoms with E-state index >= 15 is 0 Å². The average molecular weight is 360 g/mol. The zero-order valence-corrected chi connectivity index (χ0v) is 15.2. The number of thiophene rings is 1. The minimum atomic E-state index is 0.687. The van der Waals surface area contributed by atoms with Crippen molar-refractivity contribution in [2.75, 3.05) is 0 Å². The third-order valence-corrected chi connectivity index (χ3v) is 5.60. The molecule has 7 heteroatoms. The van der Waals surface area contributed by atoms with Crippen LogP contribution in [-0.4, -0.2) is 29.1 Å². The number of aryl methyl sites for hydroxylation is 1. The first-order valence-corrected chi connectivity index (χ1v) is 9.25. The van der Waals surface area contributed by atoms with Crippen LogP contribution in [0.4, 0.5) is 0 Å². The maximum absolute atomic E-state index is 4.80. The lowest BCUT2D eigenvalue weighted by molar-refractivity contribution is 0.766. The lowest BCUT2D eigenvalue weighted by atomic mass is 10.2. The second-order valence-corrected chi connectivity index (χ2v) is 7.19. The summed E-state index contributed by atoms with van der Waals surface area (Å²) in [6, 6.07) is 10.0. The minimum Gasteiger partial charge on any atom is -0.323 e.